The monoisotopic (exact) mass is 364 g/mol. The van der Waals surface area contributed by atoms with Crippen molar-refractivity contribution in [3.8, 4) is 11.5 Å². The summed E-state index contributed by atoms with van der Waals surface area (Å²) in [4.78, 5) is 24.9. The summed E-state index contributed by atoms with van der Waals surface area (Å²) in [5, 5.41) is 5.91. The average Bonchev–Trinajstić information content (AvgIpc) is 2.78. The van der Waals surface area contributed by atoms with Crippen LogP contribution in [0, 0.1) is 0 Å². The molecule has 4 rings (SSSR count). The van der Waals surface area contributed by atoms with Crippen LogP contribution in [0.2, 0.25) is 5.02 Å². The van der Waals surface area contributed by atoms with E-state index in [9.17, 15) is 9.59 Å². The fourth-order valence-corrected chi connectivity index (χ4v) is 2.91. The van der Waals surface area contributed by atoms with Gasteiger partial charge in [0.15, 0.2) is 5.75 Å². The van der Waals surface area contributed by atoms with Crippen LogP contribution in [0.1, 0.15) is 20.7 Å². The standard InChI is InChI=1S/C20H13ClN2O3/c21-15-6-2-1-5-13(15)19(24)22-12-9-10-17-14(11-12)20(25)23-16-7-3-4-8-18(16)26-17/h1-11H,(H,22,24)(H,23,25). The largest absolute Gasteiger partial charge is 0.454 e. The zero-order valence-corrected chi connectivity index (χ0v) is 14.2. The summed E-state index contributed by atoms with van der Waals surface area (Å²) in [5.74, 6) is 0.322. The molecule has 0 saturated heterocycles. The number of fused-ring (bicyclic) bond motifs is 2. The first-order valence-corrected chi connectivity index (χ1v) is 8.28. The van der Waals surface area contributed by atoms with E-state index < -0.39 is 0 Å². The van der Waals surface area contributed by atoms with Gasteiger partial charge < -0.3 is 15.4 Å². The van der Waals surface area contributed by atoms with E-state index in [0.29, 0.717) is 39.0 Å². The number of anilines is 2. The summed E-state index contributed by atoms with van der Waals surface area (Å²) in [5.41, 5.74) is 1.75. The molecule has 2 amide bonds. The molecule has 2 N–H and O–H groups in total. The number of ether oxygens (including phenoxy) is 1. The van der Waals surface area contributed by atoms with Crippen molar-refractivity contribution >= 4 is 34.8 Å². The highest BCUT2D eigenvalue weighted by Crippen LogP contribution is 2.36. The molecule has 6 heteroatoms. The fourth-order valence-electron chi connectivity index (χ4n) is 2.68. The highest BCUT2D eigenvalue weighted by atomic mass is 35.5. The van der Waals surface area contributed by atoms with Crippen molar-refractivity contribution in [2.45, 2.75) is 0 Å². The third-order valence-corrected chi connectivity index (χ3v) is 4.29. The van der Waals surface area contributed by atoms with Gasteiger partial charge in [-0.2, -0.15) is 0 Å². The van der Waals surface area contributed by atoms with Gasteiger partial charge in [0.05, 0.1) is 21.8 Å². The maximum atomic E-state index is 12.5. The second-order valence-electron chi connectivity index (χ2n) is 5.70. The van der Waals surface area contributed by atoms with Crippen molar-refractivity contribution in [3.05, 3.63) is 82.9 Å². The predicted molar refractivity (Wildman–Crippen MR) is 100 cm³/mol. The first kappa shape index (κ1) is 16.2. The van der Waals surface area contributed by atoms with Crippen LogP contribution >= 0.6 is 11.6 Å². The van der Waals surface area contributed by atoms with Crippen molar-refractivity contribution < 1.29 is 14.3 Å². The summed E-state index contributed by atoms with van der Waals surface area (Å²) in [6.07, 6.45) is 0. The van der Waals surface area contributed by atoms with Crippen LogP contribution in [0.4, 0.5) is 11.4 Å². The lowest BCUT2D eigenvalue weighted by atomic mass is 10.1. The number of carbonyl (C=O) groups excluding carboxylic acids is 2. The summed E-state index contributed by atoms with van der Waals surface area (Å²) in [6.45, 7) is 0. The van der Waals surface area contributed by atoms with E-state index in [1.165, 1.54) is 0 Å². The molecule has 0 aromatic heterocycles. The van der Waals surface area contributed by atoms with Gasteiger partial charge in [0.2, 0.25) is 0 Å². The Hall–Kier alpha value is -3.31. The van der Waals surface area contributed by atoms with Crippen LogP contribution in [0.3, 0.4) is 0 Å². The molecule has 0 fully saturated rings. The first-order chi connectivity index (χ1) is 12.6. The van der Waals surface area contributed by atoms with E-state index >= 15 is 0 Å². The van der Waals surface area contributed by atoms with Crippen molar-refractivity contribution in [1.82, 2.24) is 0 Å². The predicted octanol–water partition coefficient (Wildman–Crippen LogP) is 4.95. The Morgan fingerprint density at radius 1 is 0.962 bits per heavy atom. The maximum absolute atomic E-state index is 12.5. The van der Waals surface area contributed by atoms with E-state index in [2.05, 4.69) is 10.6 Å². The van der Waals surface area contributed by atoms with Crippen LogP contribution in [0.5, 0.6) is 11.5 Å². The van der Waals surface area contributed by atoms with E-state index in [0.717, 1.165) is 0 Å². The molecule has 5 nitrogen and oxygen atoms in total. The summed E-state index contributed by atoms with van der Waals surface area (Å²) < 4.78 is 5.82. The van der Waals surface area contributed by atoms with E-state index in [1.807, 2.05) is 12.1 Å². The Morgan fingerprint density at radius 3 is 2.58 bits per heavy atom. The number of nitrogens with one attached hydrogen (secondary N) is 2. The van der Waals surface area contributed by atoms with Gasteiger partial charge in [-0.05, 0) is 42.5 Å². The van der Waals surface area contributed by atoms with Gasteiger partial charge >= 0.3 is 0 Å². The Bertz CT molecular complexity index is 1030. The lowest BCUT2D eigenvalue weighted by molar-refractivity contribution is 0.101. The number of benzene rings is 3. The second kappa shape index (κ2) is 6.54. The molecular weight excluding hydrogens is 352 g/mol. The van der Waals surface area contributed by atoms with Crippen molar-refractivity contribution in [2.75, 3.05) is 10.6 Å². The molecule has 0 spiro atoms. The van der Waals surface area contributed by atoms with Crippen molar-refractivity contribution in [1.29, 1.82) is 0 Å². The van der Waals surface area contributed by atoms with Gasteiger partial charge in [0.25, 0.3) is 11.8 Å². The van der Waals surface area contributed by atoms with Crippen LogP contribution < -0.4 is 15.4 Å². The lowest BCUT2D eigenvalue weighted by Crippen LogP contribution is -2.14. The third kappa shape index (κ3) is 3.00. The molecular formula is C20H13ClN2O3. The van der Waals surface area contributed by atoms with Crippen LogP contribution in [0.25, 0.3) is 0 Å². The quantitative estimate of drug-likeness (QED) is 0.676. The summed E-state index contributed by atoms with van der Waals surface area (Å²) >= 11 is 6.05. The second-order valence-corrected chi connectivity index (χ2v) is 6.10. The SMILES string of the molecule is O=C(Nc1ccc2c(c1)C(=O)Nc1ccccc1O2)c1ccccc1Cl. The Morgan fingerprint density at radius 2 is 1.73 bits per heavy atom. The molecule has 1 heterocycles. The molecule has 0 aliphatic carbocycles. The molecule has 3 aromatic rings. The van der Waals surface area contributed by atoms with Crippen LogP contribution in [-0.4, -0.2) is 11.8 Å². The number of hydrogen-bond donors (Lipinski definition) is 2. The highest BCUT2D eigenvalue weighted by molar-refractivity contribution is 6.34. The van der Waals surface area contributed by atoms with Gasteiger partial charge in [-0.25, -0.2) is 0 Å². The first-order valence-electron chi connectivity index (χ1n) is 7.90. The molecule has 1 aliphatic rings. The number of rotatable bonds is 2. The summed E-state index contributed by atoms with van der Waals surface area (Å²) in [6, 6.07) is 18.8. The molecule has 3 aromatic carbocycles. The molecule has 0 atom stereocenters. The number of carbonyl (C=O) groups is 2. The number of amides is 2. The zero-order valence-electron chi connectivity index (χ0n) is 13.5. The number of hydrogen-bond acceptors (Lipinski definition) is 3. The number of halogens is 1. The van der Waals surface area contributed by atoms with Crippen LogP contribution in [0.15, 0.2) is 66.7 Å². The maximum Gasteiger partial charge on any atom is 0.259 e. The topological polar surface area (TPSA) is 67.4 Å². The zero-order chi connectivity index (χ0) is 18.1. The summed E-state index contributed by atoms with van der Waals surface area (Å²) in [7, 11) is 0. The minimum Gasteiger partial charge on any atom is -0.454 e. The molecule has 0 unspecified atom stereocenters. The van der Waals surface area contributed by atoms with Gasteiger partial charge in [-0.1, -0.05) is 35.9 Å². The fraction of sp³-hybridized carbons (Fsp3) is 0. The van der Waals surface area contributed by atoms with E-state index in [1.54, 1.807) is 54.6 Å². The normalized spacial score (nSPS) is 12.1. The van der Waals surface area contributed by atoms with Crippen molar-refractivity contribution in [3.63, 3.8) is 0 Å². The number of para-hydroxylation sites is 2. The average molecular weight is 365 g/mol. The third-order valence-electron chi connectivity index (χ3n) is 3.96. The van der Waals surface area contributed by atoms with Gasteiger partial charge in [-0.3, -0.25) is 9.59 Å². The minimum atomic E-state index is -0.353. The smallest absolute Gasteiger partial charge is 0.259 e. The van der Waals surface area contributed by atoms with Gasteiger partial charge in [0.1, 0.15) is 5.75 Å². The lowest BCUT2D eigenvalue weighted by Gasteiger charge is -2.10. The molecule has 0 radical (unpaired) electrons. The van der Waals surface area contributed by atoms with E-state index in [4.69, 9.17) is 16.3 Å². The van der Waals surface area contributed by atoms with Gasteiger partial charge in [-0.15, -0.1) is 0 Å². The molecule has 0 bridgehead atoms. The minimum absolute atomic E-state index is 0.307. The van der Waals surface area contributed by atoms with Crippen molar-refractivity contribution in [2.24, 2.45) is 0 Å². The van der Waals surface area contributed by atoms with Crippen LogP contribution in [-0.2, 0) is 0 Å². The molecule has 26 heavy (non-hydrogen) atoms. The Kier molecular flexibility index (Phi) is 4.07. The Labute approximate surface area is 154 Å². The molecule has 1 aliphatic heterocycles. The van der Waals surface area contributed by atoms with Gasteiger partial charge in [0, 0.05) is 5.69 Å². The molecule has 0 saturated carbocycles. The molecule has 128 valence electrons. The Balaban J connectivity index is 1.64. The highest BCUT2D eigenvalue weighted by Gasteiger charge is 2.21. The van der Waals surface area contributed by atoms with E-state index in [-0.39, 0.29) is 11.8 Å².